The first-order chi connectivity index (χ1) is 12.3. The summed E-state index contributed by atoms with van der Waals surface area (Å²) in [4.78, 5) is 11.9. The Morgan fingerprint density at radius 3 is 2.60 bits per heavy atom. The van der Waals surface area contributed by atoms with Gasteiger partial charge in [-0.25, -0.2) is 0 Å². The number of hydrogen-bond donors (Lipinski definition) is 2. The van der Waals surface area contributed by atoms with Crippen molar-refractivity contribution < 1.29 is 14.7 Å². The summed E-state index contributed by atoms with van der Waals surface area (Å²) in [5, 5.41) is 14.9. The predicted molar refractivity (Wildman–Crippen MR) is 97.2 cm³/mol. The molecule has 0 unspecified atom stereocenters. The van der Waals surface area contributed by atoms with Gasteiger partial charge < -0.3 is 15.3 Å². The minimum atomic E-state index is -0.0690. The minimum Gasteiger partial charge on any atom is -0.484 e. The third-order valence-corrected chi connectivity index (χ3v) is 4.41. The summed E-state index contributed by atoms with van der Waals surface area (Å²) in [7, 11) is 0. The minimum absolute atomic E-state index is 0.0314. The first kappa shape index (κ1) is 17.0. The molecule has 0 aromatic heterocycles. The van der Waals surface area contributed by atoms with E-state index < -0.39 is 0 Å². The third kappa shape index (κ3) is 4.59. The summed E-state index contributed by atoms with van der Waals surface area (Å²) >= 11 is 0. The highest BCUT2D eigenvalue weighted by Gasteiger charge is 2.17. The molecule has 130 valence electrons. The monoisotopic (exact) mass is 338 g/mol. The van der Waals surface area contributed by atoms with Crippen LogP contribution in [0.1, 0.15) is 31.2 Å². The largest absolute Gasteiger partial charge is 0.484 e. The van der Waals surface area contributed by atoms with Crippen LogP contribution in [0.25, 0.3) is 11.1 Å². The summed E-state index contributed by atoms with van der Waals surface area (Å²) in [6, 6.07) is 15.5. The Labute approximate surface area is 147 Å². The van der Waals surface area contributed by atoms with Crippen LogP contribution in [-0.2, 0) is 4.79 Å². The maximum absolute atomic E-state index is 11.9. The van der Waals surface area contributed by atoms with Gasteiger partial charge in [0.05, 0.1) is 6.21 Å². The van der Waals surface area contributed by atoms with Gasteiger partial charge in [-0.1, -0.05) is 54.4 Å². The molecule has 1 aliphatic carbocycles. The lowest BCUT2D eigenvalue weighted by Crippen LogP contribution is -2.36. The first-order valence-electron chi connectivity index (χ1n) is 8.55. The topological polar surface area (TPSA) is 70.9 Å². The molecule has 0 radical (unpaired) electrons. The molecule has 5 heteroatoms. The molecule has 1 aliphatic rings. The SMILES string of the molecule is O=C(COc1ccc(-c2ccccc2/C=N\O)cc1)NC1CCCC1. The zero-order valence-electron chi connectivity index (χ0n) is 14.0. The maximum Gasteiger partial charge on any atom is 0.258 e. The number of amides is 1. The summed E-state index contributed by atoms with van der Waals surface area (Å²) in [6.45, 7) is 0.0314. The quantitative estimate of drug-likeness (QED) is 0.480. The Hall–Kier alpha value is -2.82. The number of ether oxygens (including phenoxy) is 1. The van der Waals surface area contributed by atoms with E-state index in [0.717, 1.165) is 29.5 Å². The van der Waals surface area contributed by atoms with Crippen molar-refractivity contribution in [3.8, 4) is 16.9 Å². The van der Waals surface area contributed by atoms with Crippen molar-refractivity contribution in [2.24, 2.45) is 5.16 Å². The second-order valence-corrected chi connectivity index (χ2v) is 6.19. The fraction of sp³-hybridized carbons (Fsp3) is 0.300. The van der Waals surface area contributed by atoms with Crippen LogP contribution in [0.15, 0.2) is 53.7 Å². The lowest BCUT2D eigenvalue weighted by atomic mass is 10.0. The molecule has 5 nitrogen and oxygen atoms in total. The van der Waals surface area contributed by atoms with Gasteiger partial charge in [-0.05, 0) is 36.1 Å². The van der Waals surface area contributed by atoms with E-state index in [1.807, 2.05) is 48.5 Å². The van der Waals surface area contributed by atoms with Crippen LogP contribution < -0.4 is 10.1 Å². The molecule has 0 bridgehead atoms. The second kappa shape index (κ2) is 8.33. The van der Waals surface area contributed by atoms with E-state index in [9.17, 15) is 4.79 Å². The molecule has 1 saturated carbocycles. The van der Waals surface area contributed by atoms with Crippen LogP contribution in [0.4, 0.5) is 0 Å². The smallest absolute Gasteiger partial charge is 0.258 e. The Morgan fingerprint density at radius 2 is 1.88 bits per heavy atom. The van der Waals surface area contributed by atoms with Gasteiger partial charge in [-0.15, -0.1) is 0 Å². The van der Waals surface area contributed by atoms with E-state index in [1.54, 1.807) is 0 Å². The Balaban J connectivity index is 1.60. The van der Waals surface area contributed by atoms with E-state index in [0.29, 0.717) is 11.8 Å². The van der Waals surface area contributed by atoms with Gasteiger partial charge in [0.15, 0.2) is 6.61 Å². The molecule has 0 aliphatic heterocycles. The molecule has 0 spiro atoms. The zero-order valence-corrected chi connectivity index (χ0v) is 14.0. The number of hydrogen-bond acceptors (Lipinski definition) is 4. The maximum atomic E-state index is 11.9. The Bertz CT molecular complexity index is 735. The van der Waals surface area contributed by atoms with E-state index in [1.165, 1.54) is 19.1 Å². The fourth-order valence-electron chi connectivity index (χ4n) is 3.15. The molecular weight excluding hydrogens is 316 g/mol. The van der Waals surface area contributed by atoms with E-state index in [-0.39, 0.29) is 12.5 Å². The normalized spacial score (nSPS) is 14.7. The number of nitrogens with one attached hydrogen (secondary N) is 1. The Kier molecular flexibility index (Phi) is 5.67. The number of oxime groups is 1. The number of carbonyl (C=O) groups is 1. The van der Waals surface area contributed by atoms with Crippen LogP contribution in [-0.4, -0.2) is 30.0 Å². The molecule has 0 atom stereocenters. The highest BCUT2D eigenvalue weighted by atomic mass is 16.5. The lowest BCUT2D eigenvalue weighted by Gasteiger charge is -2.13. The molecule has 0 saturated heterocycles. The van der Waals surface area contributed by atoms with Gasteiger partial charge in [0.25, 0.3) is 5.91 Å². The van der Waals surface area contributed by atoms with Crippen LogP contribution in [0.2, 0.25) is 0 Å². The van der Waals surface area contributed by atoms with Crippen LogP contribution in [0, 0.1) is 0 Å². The molecular formula is C20H22N2O3. The first-order valence-corrected chi connectivity index (χ1v) is 8.55. The molecule has 1 amide bonds. The van der Waals surface area contributed by atoms with Gasteiger partial charge in [0, 0.05) is 11.6 Å². The van der Waals surface area contributed by atoms with Gasteiger partial charge in [-0.3, -0.25) is 4.79 Å². The van der Waals surface area contributed by atoms with Crippen molar-refractivity contribution in [3.63, 3.8) is 0 Å². The van der Waals surface area contributed by atoms with Gasteiger partial charge in [0.1, 0.15) is 5.75 Å². The summed E-state index contributed by atoms with van der Waals surface area (Å²) < 4.78 is 5.57. The number of carbonyl (C=O) groups excluding carboxylic acids is 1. The van der Waals surface area contributed by atoms with Gasteiger partial charge >= 0.3 is 0 Å². The van der Waals surface area contributed by atoms with Crippen molar-refractivity contribution >= 4 is 12.1 Å². The molecule has 3 rings (SSSR count). The van der Waals surface area contributed by atoms with Crippen molar-refractivity contribution in [2.45, 2.75) is 31.7 Å². The third-order valence-electron chi connectivity index (χ3n) is 4.41. The van der Waals surface area contributed by atoms with Gasteiger partial charge in [0.2, 0.25) is 0 Å². The van der Waals surface area contributed by atoms with Crippen molar-refractivity contribution in [3.05, 3.63) is 54.1 Å². The van der Waals surface area contributed by atoms with Crippen LogP contribution in [0.3, 0.4) is 0 Å². The van der Waals surface area contributed by atoms with Crippen molar-refractivity contribution in [1.29, 1.82) is 0 Å². The molecule has 0 heterocycles. The van der Waals surface area contributed by atoms with E-state index in [4.69, 9.17) is 9.94 Å². The predicted octanol–water partition coefficient (Wildman–Crippen LogP) is 3.60. The fourth-order valence-corrected chi connectivity index (χ4v) is 3.15. The lowest BCUT2D eigenvalue weighted by molar-refractivity contribution is -0.123. The summed E-state index contributed by atoms with van der Waals surface area (Å²) in [6.07, 6.45) is 5.92. The number of benzene rings is 2. The summed E-state index contributed by atoms with van der Waals surface area (Å²) in [5.74, 6) is 0.583. The highest BCUT2D eigenvalue weighted by Crippen LogP contribution is 2.25. The summed E-state index contributed by atoms with van der Waals surface area (Å²) in [5.41, 5.74) is 2.78. The Morgan fingerprint density at radius 1 is 1.16 bits per heavy atom. The van der Waals surface area contributed by atoms with Crippen LogP contribution >= 0.6 is 0 Å². The van der Waals surface area contributed by atoms with Gasteiger partial charge in [-0.2, -0.15) is 0 Å². The highest BCUT2D eigenvalue weighted by molar-refractivity contribution is 5.90. The average Bonchev–Trinajstić information content (AvgIpc) is 3.14. The van der Waals surface area contributed by atoms with E-state index >= 15 is 0 Å². The molecule has 2 aromatic carbocycles. The zero-order chi connectivity index (χ0) is 17.5. The average molecular weight is 338 g/mol. The van der Waals surface area contributed by atoms with Crippen molar-refractivity contribution in [2.75, 3.05) is 6.61 Å². The number of nitrogens with zero attached hydrogens (tertiary/aromatic N) is 1. The van der Waals surface area contributed by atoms with E-state index in [2.05, 4.69) is 10.5 Å². The molecule has 2 N–H and O–H groups in total. The van der Waals surface area contributed by atoms with Crippen molar-refractivity contribution in [1.82, 2.24) is 5.32 Å². The second-order valence-electron chi connectivity index (χ2n) is 6.19. The molecule has 1 fully saturated rings. The molecule has 25 heavy (non-hydrogen) atoms. The van der Waals surface area contributed by atoms with Crippen LogP contribution in [0.5, 0.6) is 5.75 Å². The number of rotatable bonds is 6. The standard InChI is InChI=1S/C20H22N2O3/c23-20(22-17-6-2-3-7-17)14-25-18-11-9-15(10-12-18)19-8-4-1-5-16(19)13-21-24/h1,4-5,8-13,17,24H,2-3,6-7,14H2,(H,22,23)/b21-13-. The molecule has 2 aromatic rings.